The number of methoxy groups -OCH3 is 3. The van der Waals surface area contributed by atoms with E-state index in [0.717, 1.165) is 37.3 Å². The fraction of sp³-hybridized carbons (Fsp3) is 0.458. The molecule has 1 aliphatic heterocycles. The number of benzene rings is 2. The lowest BCUT2D eigenvalue weighted by Crippen LogP contribution is -2.45. The van der Waals surface area contributed by atoms with Crippen molar-refractivity contribution in [3.63, 3.8) is 0 Å². The number of carbonyl (C=O) groups excluding carboxylic acids is 1. The summed E-state index contributed by atoms with van der Waals surface area (Å²) in [6.07, 6.45) is 0.970. The molecular weight excluding hydrogens is 394 g/mol. The number of amides is 1. The molecule has 0 bridgehead atoms. The van der Waals surface area contributed by atoms with Crippen molar-refractivity contribution in [2.24, 2.45) is 0 Å². The summed E-state index contributed by atoms with van der Waals surface area (Å²) in [6, 6.07) is 12.1. The Labute approximate surface area is 184 Å². The van der Waals surface area contributed by atoms with Crippen molar-refractivity contribution in [3.05, 3.63) is 47.5 Å². The number of hydrogen-bond acceptors (Lipinski definition) is 6. The Morgan fingerprint density at radius 2 is 1.61 bits per heavy atom. The second kappa shape index (κ2) is 10.9. The van der Waals surface area contributed by atoms with Crippen LogP contribution in [0.1, 0.15) is 17.5 Å². The average Bonchev–Trinajstić information content (AvgIpc) is 2.81. The Bertz CT molecular complexity index is 854. The van der Waals surface area contributed by atoms with Crippen LogP contribution in [-0.2, 0) is 17.8 Å². The zero-order valence-electron chi connectivity index (χ0n) is 18.9. The van der Waals surface area contributed by atoms with E-state index in [1.807, 2.05) is 18.2 Å². The number of rotatable bonds is 9. The number of likely N-dealkylation sites (N-methyl/N-ethyl adjacent to an activating group) is 1. The molecule has 0 atom stereocenters. The number of nitrogens with one attached hydrogen (secondary N) is 1. The molecule has 7 nitrogen and oxygen atoms in total. The molecule has 0 saturated carbocycles. The van der Waals surface area contributed by atoms with Gasteiger partial charge in [0, 0.05) is 44.8 Å². The van der Waals surface area contributed by atoms with Gasteiger partial charge in [0.1, 0.15) is 0 Å². The van der Waals surface area contributed by atoms with Gasteiger partial charge in [0.25, 0.3) is 0 Å². The molecule has 0 aromatic heterocycles. The van der Waals surface area contributed by atoms with E-state index in [1.54, 1.807) is 21.3 Å². The van der Waals surface area contributed by atoms with Crippen LogP contribution in [-0.4, -0.2) is 65.4 Å². The second-order valence-electron chi connectivity index (χ2n) is 7.73. The fourth-order valence-electron chi connectivity index (χ4n) is 3.84. The van der Waals surface area contributed by atoms with Gasteiger partial charge in [-0.25, -0.2) is 0 Å². The van der Waals surface area contributed by atoms with Crippen LogP contribution in [0, 0.1) is 0 Å². The zero-order valence-corrected chi connectivity index (χ0v) is 18.9. The lowest BCUT2D eigenvalue weighted by molar-refractivity contribution is -0.121. The van der Waals surface area contributed by atoms with Crippen LogP contribution < -0.4 is 24.4 Å². The quantitative estimate of drug-likeness (QED) is 0.664. The standard InChI is InChI=1S/C24H33N3O4/c1-26-11-13-27(14-12-26)20-8-6-5-7-19(20)17-25-23(28)10-9-18-15-21(29-2)24(31-4)22(16-18)30-3/h5-8,15-16H,9-14,17H2,1-4H3,(H,25,28). The van der Waals surface area contributed by atoms with Gasteiger partial charge < -0.3 is 29.3 Å². The van der Waals surface area contributed by atoms with Gasteiger partial charge in [-0.2, -0.15) is 0 Å². The molecule has 31 heavy (non-hydrogen) atoms. The first kappa shape index (κ1) is 22.7. The largest absolute Gasteiger partial charge is 0.493 e. The molecule has 168 valence electrons. The minimum absolute atomic E-state index is 0.0157. The Morgan fingerprint density at radius 3 is 2.23 bits per heavy atom. The van der Waals surface area contributed by atoms with Crippen LogP contribution in [0.15, 0.2) is 36.4 Å². The van der Waals surface area contributed by atoms with Gasteiger partial charge in [-0.05, 0) is 42.8 Å². The number of nitrogens with zero attached hydrogens (tertiary/aromatic N) is 2. The first-order valence-electron chi connectivity index (χ1n) is 10.6. The molecule has 1 N–H and O–H groups in total. The molecule has 3 rings (SSSR count). The lowest BCUT2D eigenvalue weighted by Gasteiger charge is -2.35. The summed E-state index contributed by atoms with van der Waals surface area (Å²) in [5, 5.41) is 3.07. The van der Waals surface area contributed by atoms with E-state index in [4.69, 9.17) is 14.2 Å². The van der Waals surface area contributed by atoms with E-state index in [-0.39, 0.29) is 5.91 Å². The van der Waals surface area contributed by atoms with Crippen LogP contribution in [0.5, 0.6) is 17.2 Å². The highest BCUT2D eigenvalue weighted by Crippen LogP contribution is 2.38. The minimum atomic E-state index is 0.0157. The number of hydrogen-bond donors (Lipinski definition) is 1. The topological polar surface area (TPSA) is 63.3 Å². The molecule has 1 aliphatic rings. The molecule has 1 amide bonds. The van der Waals surface area contributed by atoms with Gasteiger partial charge in [-0.1, -0.05) is 18.2 Å². The maximum atomic E-state index is 12.5. The van der Waals surface area contributed by atoms with Crippen molar-refractivity contribution < 1.29 is 19.0 Å². The molecular formula is C24H33N3O4. The summed E-state index contributed by atoms with van der Waals surface area (Å²) >= 11 is 0. The van der Waals surface area contributed by atoms with Crippen molar-refractivity contribution in [1.82, 2.24) is 10.2 Å². The molecule has 2 aromatic rings. The van der Waals surface area contributed by atoms with E-state index >= 15 is 0 Å². The Balaban J connectivity index is 1.58. The van der Waals surface area contributed by atoms with Gasteiger partial charge in [-0.15, -0.1) is 0 Å². The summed E-state index contributed by atoms with van der Waals surface area (Å²) in [5.74, 6) is 1.76. The summed E-state index contributed by atoms with van der Waals surface area (Å²) in [7, 11) is 6.90. The van der Waals surface area contributed by atoms with Gasteiger partial charge >= 0.3 is 0 Å². The third-order valence-corrected chi connectivity index (χ3v) is 5.68. The lowest BCUT2D eigenvalue weighted by atomic mass is 10.1. The maximum Gasteiger partial charge on any atom is 0.220 e. The van der Waals surface area contributed by atoms with Gasteiger partial charge in [0.15, 0.2) is 11.5 Å². The van der Waals surface area contributed by atoms with E-state index < -0.39 is 0 Å². The second-order valence-corrected chi connectivity index (χ2v) is 7.73. The number of para-hydroxylation sites is 1. The third kappa shape index (κ3) is 5.82. The van der Waals surface area contributed by atoms with E-state index in [0.29, 0.717) is 36.6 Å². The Hall–Kier alpha value is -2.93. The summed E-state index contributed by atoms with van der Waals surface area (Å²) in [5.41, 5.74) is 3.32. The summed E-state index contributed by atoms with van der Waals surface area (Å²) in [6.45, 7) is 4.63. The Kier molecular flexibility index (Phi) is 8.00. The van der Waals surface area contributed by atoms with Gasteiger partial charge in [0.05, 0.1) is 21.3 Å². The molecule has 2 aromatic carbocycles. The van der Waals surface area contributed by atoms with Gasteiger partial charge in [-0.3, -0.25) is 4.79 Å². The van der Waals surface area contributed by atoms with Crippen molar-refractivity contribution in [2.45, 2.75) is 19.4 Å². The molecule has 7 heteroatoms. The average molecular weight is 428 g/mol. The molecule has 1 heterocycles. The highest BCUT2D eigenvalue weighted by atomic mass is 16.5. The highest BCUT2D eigenvalue weighted by Gasteiger charge is 2.17. The van der Waals surface area contributed by atoms with Crippen molar-refractivity contribution in [2.75, 3.05) is 59.5 Å². The maximum absolute atomic E-state index is 12.5. The van der Waals surface area contributed by atoms with Crippen LogP contribution >= 0.6 is 0 Å². The van der Waals surface area contributed by atoms with Crippen LogP contribution in [0.4, 0.5) is 5.69 Å². The monoisotopic (exact) mass is 427 g/mol. The SMILES string of the molecule is COc1cc(CCC(=O)NCc2ccccc2N2CCN(C)CC2)cc(OC)c1OC. The van der Waals surface area contributed by atoms with Crippen molar-refractivity contribution in [1.29, 1.82) is 0 Å². The fourth-order valence-corrected chi connectivity index (χ4v) is 3.84. The molecule has 0 unspecified atom stereocenters. The number of ether oxygens (including phenoxy) is 3. The zero-order chi connectivity index (χ0) is 22.2. The smallest absolute Gasteiger partial charge is 0.220 e. The van der Waals surface area contributed by atoms with Crippen LogP contribution in [0.3, 0.4) is 0 Å². The summed E-state index contributed by atoms with van der Waals surface area (Å²) < 4.78 is 16.1. The third-order valence-electron chi connectivity index (χ3n) is 5.68. The Morgan fingerprint density at radius 1 is 0.968 bits per heavy atom. The predicted octanol–water partition coefficient (Wildman–Crippen LogP) is 2.71. The summed E-state index contributed by atoms with van der Waals surface area (Å²) in [4.78, 5) is 17.3. The normalized spacial score (nSPS) is 14.3. The van der Waals surface area contributed by atoms with Crippen molar-refractivity contribution in [3.8, 4) is 17.2 Å². The molecule has 1 fully saturated rings. The number of aryl methyl sites for hydroxylation is 1. The first-order valence-corrected chi connectivity index (χ1v) is 10.6. The van der Waals surface area contributed by atoms with E-state index in [9.17, 15) is 4.79 Å². The number of piperazine rings is 1. The van der Waals surface area contributed by atoms with Gasteiger partial charge in [0.2, 0.25) is 11.7 Å². The highest BCUT2D eigenvalue weighted by molar-refractivity contribution is 5.76. The van der Waals surface area contributed by atoms with Crippen LogP contribution in [0.2, 0.25) is 0 Å². The molecule has 0 radical (unpaired) electrons. The first-order chi connectivity index (χ1) is 15.0. The van der Waals surface area contributed by atoms with Crippen LogP contribution in [0.25, 0.3) is 0 Å². The minimum Gasteiger partial charge on any atom is -0.493 e. The number of carbonyl (C=O) groups is 1. The van der Waals surface area contributed by atoms with Crippen molar-refractivity contribution >= 4 is 11.6 Å². The molecule has 0 spiro atoms. The van der Waals surface area contributed by atoms with E-state index in [2.05, 4.69) is 40.4 Å². The molecule has 1 saturated heterocycles. The van der Waals surface area contributed by atoms with E-state index in [1.165, 1.54) is 5.69 Å². The predicted molar refractivity (Wildman–Crippen MR) is 122 cm³/mol. The molecule has 0 aliphatic carbocycles. The number of anilines is 1.